The fraction of sp³-hybridized carbons (Fsp3) is 0.304. The molecule has 2 N–H and O–H groups in total. The van der Waals surface area contributed by atoms with Gasteiger partial charge in [0.05, 0.1) is 11.6 Å². The predicted octanol–water partition coefficient (Wildman–Crippen LogP) is 5.15. The maximum atomic E-state index is 11.4. The molecule has 0 spiro atoms. The molecular formula is C23H26N2O. The summed E-state index contributed by atoms with van der Waals surface area (Å²) in [4.78, 5) is 11.4. The third kappa shape index (κ3) is 5.32. The molecule has 0 aliphatic rings. The van der Waals surface area contributed by atoms with Gasteiger partial charge < -0.3 is 5.73 Å². The Balaban J connectivity index is 2.20. The van der Waals surface area contributed by atoms with Gasteiger partial charge in [0, 0.05) is 6.42 Å². The topological polar surface area (TPSA) is 66.9 Å². The molecule has 134 valence electrons. The van der Waals surface area contributed by atoms with Crippen molar-refractivity contribution < 1.29 is 4.79 Å². The maximum absolute atomic E-state index is 11.4. The van der Waals surface area contributed by atoms with Gasteiger partial charge in [-0.05, 0) is 48.9 Å². The highest BCUT2D eigenvalue weighted by atomic mass is 16.1. The maximum Gasteiger partial charge on any atom is 0.221 e. The number of benzene rings is 2. The summed E-state index contributed by atoms with van der Waals surface area (Å²) in [6.45, 7) is 4.24. The van der Waals surface area contributed by atoms with Gasteiger partial charge in [-0.15, -0.1) is 0 Å². The third-order valence-electron chi connectivity index (χ3n) is 4.61. The molecule has 0 bridgehead atoms. The molecule has 0 fully saturated rings. The molecule has 2 aromatic carbocycles. The SMILES string of the molecule is CCCC/C(CC(N)=O)=C(\C)Cc1ccc(-c2ccccc2C#N)cc1. The fourth-order valence-electron chi connectivity index (χ4n) is 3.12. The van der Waals surface area contributed by atoms with Crippen molar-refractivity contribution in [1.29, 1.82) is 5.26 Å². The molecular weight excluding hydrogens is 320 g/mol. The van der Waals surface area contributed by atoms with E-state index in [0.29, 0.717) is 12.0 Å². The van der Waals surface area contributed by atoms with Crippen molar-refractivity contribution >= 4 is 5.91 Å². The van der Waals surface area contributed by atoms with Gasteiger partial charge in [0.2, 0.25) is 5.91 Å². The summed E-state index contributed by atoms with van der Waals surface area (Å²) in [6.07, 6.45) is 4.26. The molecule has 0 unspecified atom stereocenters. The van der Waals surface area contributed by atoms with E-state index in [0.717, 1.165) is 36.8 Å². The average Bonchev–Trinajstić information content (AvgIpc) is 2.65. The minimum atomic E-state index is -0.265. The molecule has 3 heteroatoms. The third-order valence-corrected chi connectivity index (χ3v) is 4.61. The Morgan fingerprint density at radius 2 is 1.81 bits per heavy atom. The quantitative estimate of drug-likeness (QED) is 0.672. The molecule has 1 amide bonds. The molecule has 3 nitrogen and oxygen atoms in total. The van der Waals surface area contributed by atoms with Gasteiger partial charge in [0.25, 0.3) is 0 Å². The van der Waals surface area contributed by atoms with Crippen LogP contribution in [-0.4, -0.2) is 5.91 Å². The summed E-state index contributed by atoms with van der Waals surface area (Å²) in [5, 5.41) is 9.26. The van der Waals surface area contributed by atoms with Gasteiger partial charge in [-0.1, -0.05) is 67.0 Å². The highest BCUT2D eigenvalue weighted by Crippen LogP contribution is 2.25. The zero-order chi connectivity index (χ0) is 18.9. The van der Waals surface area contributed by atoms with E-state index < -0.39 is 0 Å². The Bertz CT molecular complexity index is 826. The highest BCUT2D eigenvalue weighted by molar-refractivity contribution is 5.76. The van der Waals surface area contributed by atoms with Gasteiger partial charge in [-0.25, -0.2) is 0 Å². The summed E-state index contributed by atoms with van der Waals surface area (Å²) >= 11 is 0. The number of nitrogens with zero attached hydrogens (tertiary/aromatic N) is 1. The van der Waals surface area contributed by atoms with Gasteiger partial charge in [0.15, 0.2) is 0 Å². The summed E-state index contributed by atoms with van der Waals surface area (Å²) in [5.74, 6) is -0.265. The van der Waals surface area contributed by atoms with Gasteiger partial charge in [-0.2, -0.15) is 5.26 Å². The van der Waals surface area contributed by atoms with Crippen LogP contribution in [0.2, 0.25) is 0 Å². The van der Waals surface area contributed by atoms with Crippen LogP contribution in [0.25, 0.3) is 11.1 Å². The Morgan fingerprint density at radius 3 is 2.42 bits per heavy atom. The lowest BCUT2D eigenvalue weighted by Gasteiger charge is -2.12. The molecule has 0 saturated carbocycles. The van der Waals surface area contributed by atoms with Crippen molar-refractivity contribution in [1.82, 2.24) is 0 Å². The standard InChI is InChI=1S/C23H26N2O/c1-3-4-7-20(15-23(25)26)17(2)14-18-10-12-19(13-11-18)22-9-6-5-8-21(22)16-24/h5-6,8-13H,3-4,7,14-15H2,1-2H3,(H2,25,26)/b20-17-. The van der Waals surface area contributed by atoms with Crippen molar-refractivity contribution in [3.05, 3.63) is 70.8 Å². The van der Waals surface area contributed by atoms with E-state index in [9.17, 15) is 10.1 Å². The van der Waals surface area contributed by atoms with E-state index in [2.05, 4.69) is 44.2 Å². The monoisotopic (exact) mass is 346 g/mol. The largest absolute Gasteiger partial charge is 0.369 e. The summed E-state index contributed by atoms with van der Waals surface area (Å²) < 4.78 is 0. The Kier molecular flexibility index (Phi) is 7.17. The zero-order valence-corrected chi connectivity index (χ0v) is 15.6. The van der Waals surface area contributed by atoms with Gasteiger partial charge >= 0.3 is 0 Å². The normalized spacial score (nSPS) is 11.6. The lowest BCUT2D eigenvalue weighted by Crippen LogP contribution is -2.12. The number of rotatable bonds is 8. The van der Waals surface area contributed by atoms with Crippen LogP contribution >= 0.6 is 0 Å². The molecule has 0 aromatic heterocycles. The van der Waals surface area contributed by atoms with E-state index in [1.165, 1.54) is 16.7 Å². The Morgan fingerprint density at radius 1 is 1.12 bits per heavy atom. The van der Waals surface area contributed by atoms with Crippen LogP contribution in [0.15, 0.2) is 59.7 Å². The smallest absolute Gasteiger partial charge is 0.221 e. The summed E-state index contributed by atoms with van der Waals surface area (Å²) in [5.41, 5.74) is 11.7. The molecule has 0 atom stereocenters. The van der Waals surface area contributed by atoms with E-state index in [1.54, 1.807) is 0 Å². The molecule has 0 radical (unpaired) electrons. The second-order valence-electron chi connectivity index (χ2n) is 6.66. The van der Waals surface area contributed by atoms with Crippen LogP contribution in [0.5, 0.6) is 0 Å². The van der Waals surface area contributed by atoms with Crippen LogP contribution in [0.4, 0.5) is 0 Å². The van der Waals surface area contributed by atoms with Crippen molar-refractivity contribution in [3.8, 4) is 17.2 Å². The minimum absolute atomic E-state index is 0.265. The van der Waals surface area contributed by atoms with Gasteiger partial charge in [-0.3, -0.25) is 4.79 Å². The molecule has 26 heavy (non-hydrogen) atoms. The molecule has 0 aliphatic carbocycles. The first-order valence-electron chi connectivity index (χ1n) is 9.09. The van der Waals surface area contributed by atoms with E-state index in [-0.39, 0.29) is 5.91 Å². The van der Waals surface area contributed by atoms with Crippen LogP contribution in [0, 0.1) is 11.3 Å². The number of allylic oxidation sites excluding steroid dienone is 1. The first-order valence-corrected chi connectivity index (χ1v) is 9.09. The minimum Gasteiger partial charge on any atom is -0.369 e. The number of hydrogen-bond donors (Lipinski definition) is 1. The van der Waals surface area contributed by atoms with E-state index in [1.807, 2.05) is 24.3 Å². The number of primary amides is 1. The number of carbonyl (C=O) groups excluding carboxylic acids is 1. The summed E-state index contributed by atoms with van der Waals surface area (Å²) in [6, 6.07) is 18.2. The first kappa shape index (κ1) is 19.5. The number of unbranched alkanes of at least 4 members (excludes halogenated alkanes) is 1. The van der Waals surface area contributed by atoms with E-state index in [4.69, 9.17) is 5.73 Å². The Hall–Kier alpha value is -2.86. The van der Waals surface area contributed by atoms with Crippen molar-refractivity contribution in [3.63, 3.8) is 0 Å². The number of nitrogens with two attached hydrogens (primary N) is 1. The predicted molar refractivity (Wildman–Crippen MR) is 106 cm³/mol. The number of hydrogen-bond acceptors (Lipinski definition) is 2. The van der Waals surface area contributed by atoms with Crippen LogP contribution in [0.3, 0.4) is 0 Å². The Labute approximate surface area is 156 Å². The fourth-order valence-corrected chi connectivity index (χ4v) is 3.12. The van der Waals surface area contributed by atoms with Crippen molar-refractivity contribution in [2.75, 3.05) is 0 Å². The second kappa shape index (κ2) is 9.58. The first-order chi connectivity index (χ1) is 12.5. The molecule has 0 saturated heterocycles. The van der Waals surface area contributed by atoms with Crippen LogP contribution < -0.4 is 5.73 Å². The molecule has 0 aliphatic heterocycles. The number of carbonyl (C=O) groups is 1. The van der Waals surface area contributed by atoms with Crippen molar-refractivity contribution in [2.24, 2.45) is 5.73 Å². The molecule has 2 rings (SSSR count). The van der Waals surface area contributed by atoms with Crippen LogP contribution in [0.1, 0.15) is 50.7 Å². The zero-order valence-electron chi connectivity index (χ0n) is 15.6. The van der Waals surface area contributed by atoms with Crippen LogP contribution in [-0.2, 0) is 11.2 Å². The number of nitriles is 1. The van der Waals surface area contributed by atoms with Crippen molar-refractivity contribution in [2.45, 2.75) is 46.0 Å². The average molecular weight is 346 g/mol. The highest BCUT2D eigenvalue weighted by Gasteiger charge is 2.08. The lowest BCUT2D eigenvalue weighted by molar-refractivity contribution is -0.117. The van der Waals surface area contributed by atoms with Gasteiger partial charge in [0.1, 0.15) is 0 Å². The lowest BCUT2D eigenvalue weighted by atomic mass is 9.94. The van der Waals surface area contributed by atoms with E-state index >= 15 is 0 Å². The molecule has 0 heterocycles. The summed E-state index contributed by atoms with van der Waals surface area (Å²) in [7, 11) is 0. The second-order valence-corrected chi connectivity index (χ2v) is 6.66. The number of amides is 1. The molecule has 2 aromatic rings.